The maximum atomic E-state index is 14.0. The Morgan fingerprint density at radius 1 is 1.06 bits per heavy atom. The van der Waals surface area contributed by atoms with Crippen LogP contribution in [0.15, 0.2) is 35.7 Å². The summed E-state index contributed by atoms with van der Waals surface area (Å²) in [6.07, 6.45) is 3.38. The molecule has 7 nitrogen and oxygen atoms in total. The molecule has 8 heteroatoms. The van der Waals surface area contributed by atoms with Gasteiger partial charge in [-0.1, -0.05) is 26.0 Å². The molecule has 2 N–H and O–H groups in total. The Morgan fingerprint density at radius 2 is 1.78 bits per heavy atom. The molecule has 0 spiro atoms. The normalized spacial score (nSPS) is 14.4. The summed E-state index contributed by atoms with van der Waals surface area (Å²) >= 11 is 1.70. The second-order valence-electron chi connectivity index (χ2n) is 9.43. The van der Waals surface area contributed by atoms with Crippen molar-refractivity contribution in [3.8, 4) is 5.75 Å². The van der Waals surface area contributed by atoms with Crippen LogP contribution in [0.4, 0.5) is 0 Å². The highest BCUT2D eigenvalue weighted by molar-refractivity contribution is 7.17. The molecule has 0 aliphatic carbocycles. The van der Waals surface area contributed by atoms with Gasteiger partial charge in [-0.25, -0.2) is 0 Å². The highest BCUT2D eigenvalue weighted by Crippen LogP contribution is 2.33. The third-order valence-electron chi connectivity index (χ3n) is 6.90. The second-order valence-corrected chi connectivity index (χ2v) is 10.3. The van der Waals surface area contributed by atoms with Crippen LogP contribution in [-0.2, 0) is 17.9 Å². The zero-order valence-electron chi connectivity index (χ0n) is 21.6. The lowest BCUT2D eigenvalue weighted by atomic mass is 9.95. The van der Waals surface area contributed by atoms with Crippen molar-refractivity contribution in [1.82, 2.24) is 20.1 Å². The van der Waals surface area contributed by atoms with Gasteiger partial charge >= 0.3 is 0 Å². The van der Waals surface area contributed by atoms with Crippen LogP contribution in [0.3, 0.4) is 0 Å². The number of hydrogen-bond acceptors (Lipinski definition) is 5. The number of carbonyl (C=O) groups excluding carboxylic acids is 2. The molecule has 1 aliphatic heterocycles. The molecule has 0 atom stereocenters. The van der Waals surface area contributed by atoms with Gasteiger partial charge in [0.05, 0.1) is 17.3 Å². The maximum absolute atomic E-state index is 14.0. The predicted molar refractivity (Wildman–Crippen MR) is 146 cm³/mol. The van der Waals surface area contributed by atoms with Crippen molar-refractivity contribution in [3.05, 3.63) is 52.5 Å². The minimum atomic E-state index is -0.0131. The van der Waals surface area contributed by atoms with Gasteiger partial charge in [-0.2, -0.15) is 0 Å². The lowest BCUT2D eigenvalue weighted by molar-refractivity contribution is -0.126. The van der Waals surface area contributed by atoms with Crippen molar-refractivity contribution < 1.29 is 14.3 Å². The van der Waals surface area contributed by atoms with Gasteiger partial charge in [0.1, 0.15) is 11.4 Å². The van der Waals surface area contributed by atoms with E-state index in [-0.39, 0.29) is 17.7 Å². The fraction of sp³-hybridized carbons (Fsp3) is 0.500. The van der Waals surface area contributed by atoms with Gasteiger partial charge in [-0.05, 0) is 61.4 Å². The molecular formula is C28H38N4O3S. The molecule has 1 saturated heterocycles. The van der Waals surface area contributed by atoms with Crippen LogP contribution in [0, 0.1) is 5.92 Å². The van der Waals surface area contributed by atoms with E-state index < -0.39 is 0 Å². The number of methoxy groups -OCH3 is 1. The van der Waals surface area contributed by atoms with Gasteiger partial charge in [0, 0.05) is 44.2 Å². The summed E-state index contributed by atoms with van der Waals surface area (Å²) in [5.74, 6) is 0.990. The summed E-state index contributed by atoms with van der Waals surface area (Å²) in [6, 6.07) is 10.2. The molecule has 4 rings (SSSR count). The number of rotatable bonds is 11. The van der Waals surface area contributed by atoms with Gasteiger partial charge < -0.3 is 24.8 Å². The summed E-state index contributed by atoms with van der Waals surface area (Å²) < 4.78 is 8.67. The predicted octanol–water partition coefficient (Wildman–Crippen LogP) is 4.64. The molecule has 1 aromatic carbocycles. The quantitative estimate of drug-likeness (QED) is 0.369. The van der Waals surface area contributed by atoms with Gasteiger partial charge in [0.15, 0.2) is 0 Å². The van der Waals surface area contributed by atoms with Crippen LogP contribution in [-0.4, -0.2) is 54.6 Å². The Bertz CT molecular complexity index is 1160. The van der Waals surface area contributed by atoms with Crippen molar-refractivity contribution in [2.24, 2.45) is 5.92 Å². The Balaban J connectivity index is 1.62. The van der Waals surface area contributed by atoms with E-state index in [0.717, 1.165) is 47.5 Å². The maximum Gasteiger partial charge on any atom is 0.270 e. The van der Waals surface area contributed by atoms with Crippen molar-refractivity contribution in [1.29, 1.82) is 0 Å². The largest absolute Gasteiger partial charge is 0.497 e. The average molecular weight is 511 g/mol. The molecule has 0 radical (unpaired) electrons. The van der Waals surface area contributed by atoms with E-state index in [1.165, 1.54) is 4.70 Å². The topological polar surface area (TPSA) is 75.6 Å². The molecule has 0 saturated carbocycles. The van der Waals surface area contributed by atoms with Crippen molar-refractivity contribution in [2.75, 3.05) is 33.3 Å². The van der Waals surface area contributed by atoms with Crippen molar-refractivity contribution >= 4 is 33.4 Å². The van der Waals surface area contributed by atoms with Crippen LogP contribution in [0.5, 0.6) is 5.75 Å². The number of nitrogens with one attached hydrogen (secondary N) is 2. The standard InChI is InChI=1S/C28H38N4O3S/c1-4-13-29-18-23-25(28(34)31-15-10-21(11-16-31)27(33)30-14-5-2)32(24-12-17-36-26(23)24)19-20-6-8-22(35-3)9-7-20/h6-9,12,17,21,29H,4-5,10-11,13-16,18-19H2,1-3H3,(H,30,33). The van der Waals surface area contributed by atoms with Crippen LogP contribution >= 0.6 is 11.3 Å². The molecule has 194 valence electrons. The van der Waals surface area contributed by atoms with Crippen molar-refractivity contribution in [3.63, 3.8) is 0 Å². The molecule has 0 bridgehead atoms. The number of piperidine rings is 1. The molecule has 2 aromatic heterocycles. The van der Waals surface area contributed by atoms with Gasteiger partial charge in [0.25, 0.3) is 5.91 Å². The van der Waals surface area contributed by atoms with E-state index in [1.807, 2.05) is 17.0 Å². The Morgan fingerprint density at radius 3 is 2.44 bits per heavy atom. The zero-order chi connectivity index (χ0) is 25.5. The van der Waals surface area contributed by atoms with Crippen LogP contribution in [0.1, 0.15) is 61.1 Å². The van der Waals surface area contributed by atoms with Gasteiger partial charge in [-0.15, -0.1) is 11.3 Å². The third-order valence-corrected chi connectivity index (χ3v) is 7.86. The highest BCUT2D eigenvalue weighted by atomic mass is 32.1. The molecule has 1 fully saturated rings. The van der Waals surface area contributed by atoms with E-state index in [0.29, 0.717) is 45.6 Å². The lowest BCUT2D eigenvalue weighted by Gasteiger charge is -2.32. The van der Waals surface area contributed by atoms with E-state index in [2.05, 4.69) is 52.6 Å². The third kappa shape index (κ3) is 5.76. The van der Waals surface area contributed by atoms with Gasteiger partial charge in [0.2, 0.25) is 5.91 Å². The number of hydrogen-bond donors (Lipinski definition) is 2. The number of nitrogens with zero attached hydrogens (tertiary/aromatic N) is 2. The Hall–Kier alpha value is -2.84. The number of fused-ring (bicyclic) bond motifs is 1. The number of thiophene rings is 1. The first-order valence-electron chi connectivity index (χ1n) is 13.1. The van der Waals surface area contributed by atoms with E-state index in [9.17, 15) is 9.59 Å². The number of amides is 2. The minimum absolute atomic E-state index is 0.0131. The number of likely N-dealkylation sites (tertiary alicyclic amines) is 1. The molecule has 3 aromatic rings. The number of aromatic nitrogens is 1. The monoisotopic (exact) mass is 510 g/mol. The highest BCUT2D eigenvalue weighted by Gasteiger charge is 2.31. The smallest absolute Gasteiger partial charge is 0.270 e. The Labute approximate surface area is 217 Å². The number of carbonyl (C=O) groups is 2. The van der Waals surface area contributed by atoms with Gasteiger partial charge in [-0.3, -0.25) is 9.59 Å². The lowest BCUT2D eigenvalue weighted by Crippen LogP contribution is -2.44. The molecule has 36 heavy (non-hydrogen) atoms. The summed E-state index contributed by atoms with van der Waals surface area (Å²) in [6.45, 7) is 8.30. The average Bonchev–Trinajstić information content (AvgIpc) is 3.50. The summed E-state index contributed by atoms with van der Waals surface area (Å²) in [7, 11) is 1.67. The second kappa shape index (κ2) is 12.4. The van der Waals surface area contributed by atoms with Crippen LogP contribution in [0.25, 0.3) is 10.2 Å². The summed E-state index contributed by atoms with van der Waals surface area (Å²) in [4.78, 5) is 28.4. The Kier molecular flexibility index (Phi) is 9.04. The molecule has 1 aliphatic rings. The molecule has 2 amide bonds. The molecule has 0 unspecified atom stereocenters. The van der Waals surface area contributed by atoms with Crippen LogP contribution < -0.4 is 15.4 Å². The SMILES string of the molecule is CCCNCc1c(C(=O)N2CCC(C(=O)NCCC)CC2)n(Cc2ccc(OC)cc2)c2ccsc12. The van der Waals surface area contributed by atoms with E-state index in [1.54, 1.807) is 18.4 Å². The first-order chi connectivity index (χ1) is 17.6. The fourth-order valence-electron chi connectivity index (χ4n) is 4.90. The molecular weight excluding hydrogens is 472 g/mol. The number of benzene rings is 1. The van der Waals surface area contributed by atoms with E-state index in [4.69, 9.17) is 4.74 Å². The zero-order valence-corrected chi connectivity index (χ0v) is 22.5. The summed E-state index contributed by atoms with van der Waals surface area (Å²) in [5.41, 5.74) is 4.06. The van der Waals surface area contributed by atoms with Crippen LogP contribution in [0.2, 0.25) is 0 Å². The first-order valence-corrected chi connectivity index (χ1v) is 13.9. The van der Waals surface area contributed by atoms with Crippen molar-refractivity contribution in [2.45, 2.75) is 52.6 Å². The van der Waals surface area contributed by atoms with E-state index >= 15 is 0 Å². The first kappa shape index (κ1) is 26.2. The fourth-order valence-corrected chi connectivity index (χ4v) is 5.84. The molecule has 3 heterocycles. The summed E-state index contributed by atoms with van der Waals surface area (Å²) in [5, 5.41) is 8.63. The minimum Gasteiger partial charge on any atom is -0.497 e. The number of ether oxygens (including phenoxy) is 1.